The van der Waals surface area contributed by atoms with Gasteiger partial charge in [0, 0.05) is 25.1 Å². The molecule has 0 unspecified atom stereocenters. The molecule has 2 amide bonds. The van der Waals surface area contributed by atoms with Crippen molar-refractivity contribution in [3.05, 3.63) is 30.3 Å². The molecule has 126 valence electrons. The van der Waals surface area contributed by atoms with E-state index in [1.807, 2.05) is 30.3 Å². The van der Waals surface area contributed by atoms with Crippen molar-refractivity contribution in [1.82, 2.24) is 5.32 Å². The van der Waals surface area contributed by atoms with Crippen LogP contribution < -0.4 is 16.4 Å². The highest BCUT2D eigenvalue weighted by atomic mass is 16.2. The lowest BCUT2D eigenvalue weighted by atomic mass is 9.71. The summed E-state index contributed by atoms with van der Waals surface area (Å²) in [6.45, 7) is 0.924. The van der Waals surface area contributed by atoms with E-state index in [9.17, 15) is 9.59 Å². The van der Waals surface area contributed by atoms with Crippen LogP contribution in [0.25, 0.3) is 0 Å². The number of nitrogens with two attached hydrogens (primary N) is 1. The largest absolute Gasteiger partial charge is 0.356 e. The molecular weight excluding hydrogens is 290 g/mol. The van der Waals surface area contributed by atoms with E-state index in [-0.39, 0.29) is 23.7 Å². The minimum absolute atomic E-state index is 0.00450. The first-order valence-electron chi connectivity index (χ1n) is 8.45. The Morgan fingerprint density at radius 3 is 2.39 bits per heavy atom. The lowest BCUT2D eigenvalue weighted by Crippen LogP contribution is -2.39. The molecule has 0 atom stereocenters. The second-order valence-electron chi connectivity index (χ2n) is 6.46. The summed E-state index contributed by atoms with van der Waals surface area (Å²) in [5.74, 6) is -0.0902. The molecule has 2 rings (SSSR count). The molecule has 0 heterocycles. The van der Waals surface area contributed by atoms with Gasteiger partial charge in [-0.1, -0.05) is 37.5 Å². The smallest absolute Gasteiger partial charge is 0.226 e. The van der Waals surface area contributed by atoms with Crippen molar-refractivity contribution in [1.29, 1.82) is 0 Å². The quantitative estimate of drug-likeness (QED) is 0.722. The third kappa shape index (κ3) is 5.67. The van der Waals surface area contributed by atoms with Crippen LogP contribution in [-0.4, -0.2) is 24.9 Å². The molecule has 1 saturated carbocycles. The molecule has 5 nitrogen and oxygen atoms in total. The van der Waals surface area contributed by atoms with Crippen molar-refractivity contribution in [2.75, 3.05) is 18.4 Å². The molecule has 1 aromatic carbocycles. The van der Waals surface area contributed by atoms with Gasteiger partial charge in [-0.05, 0) is 36.9 Å². The SMILES string of the molecule is NCC1(CC(=O)NCCC(=O)Nc2ccccc2)CCCCC1. The van der Waals surface area contributed by atoms with Gasteiger partial charge in [0.25, 0.3) is 0 Å². The Morgan fingerprint density at radius 1 is 1.04 bits per heavy atom. The van der Waals surface area contributed by atoms with E-state index in [1.54, 1.807) is 0 Å². The summed E-state index contributed by atoms with van der Waals surface area (Å²) < 4.78 is 0. The predicted octanol–water partition coefficient (Wildman–Crippen LogP) is 2.43. The molecule has 4 N–H and O–H groups in total. The number of benzene rings is 1. The van der Waals surface area contributed by atoms with Crippen molar-refractivity contribution < 1.29 is 9.59 Å². The number of nitrogens with one attached hydrogen (secondary N) is 2. The Kier molecular flexibility index (Phi) is 6.59. The highest BCUT2D eigenvalue weighted by Gasteiger charge is 2.32. The molecule has 0 saturated heterocycles. The average Bonchev–Trinajstić information content (AvgIpc) is 2.56. The molecule has 1 aromatic rings. The number of anilines is 1. The van der Waals surface area contributed by atoms with Crippen molar-refractivity contribution in [2.45, 2.75) is 44.9 Å². The van der Waals surface area contributed by atoms with Gasteiger partial charge in [0.2, 0.25) is 11.8 Å². The molecule has 0 radical (unpaired) electrons. The highest BCUT2D eigenvalue weighted by Crippen LogP contribution is 2.38. The van der Waals surface area contributed by atoms with Crippen molar-refractivity contribution in [3.8, 4) is 0 Å². The van der Waals surface area contributed by atoms with E-state index in [2.05, 4.69) is 10.6 Å². The van der Waals surface area contributed by atoms with E-state index in [0.717, 1.165) is 31.4 Å². The zero-order chi connectivity index (χ0) is 16.5. The number of para-hydroxylation sites is 1. The van der Waals surface area contributed by atoms with Crippen molar-refractivity contribution in [3.63, 3.8) is 0 Å². The van der Waals surface area contributed by atoms with Crippen LogP contribution in [0.4, 0.5) is 5.69 Å². The average molecular weight is 317 g/mol. The number of rotatable bonds is 7. The number of hydrogen-bond acceptors (Lipinski definition) is 3. The Morgan fingerprint density at radius 2 is 1.74 bits per heavy atom. The van der Waals surface area contributed by atoms with Crippen molar-refractivity contribution in [2.24, 2.45) is 11.1 Å². The number of carbonyl (C=O) groups is 2. The van der Waals surface area contributed by atoms with Crippen LogP contribution in [0.3, 0.4) is 0 Å². The summed E-state index contributed by atoms with van der Waals surface area (Å²) in [6, 6.07) is 9.31. The van der Waals surface area contributed by atoms with Gasteiger partial charge in [-0.3, -0.25) is 9.59 Å². The summed E-state index contributed by atoms with van der Waals surface area (Å²) in [5, 5.41) is 5.66. The van der Waals surface area contributed by atoms with Gasteiger partial charge in [0.05, 0.1) is 0 Å². The fourth-order valence-electron chi connectivity index (χ4n) is 3.22. The second-order valence-corrected chi connectivity index (χ2v) is 6.46. The first-order chi connectivity index (χ1) is 11.1. The van der Waals surface area contributed by atoms with Gasteiger partial charge in [-0.15, -0.1) is 0 Å². The Labute approximate surface area is 138 Å². The second kappa shape index (κ2) is 8.67. The topological polar surface area (TPSA) is 84.2 Å². The molecule has 23 heavy (non-hydrogen) atoms. The zero-order valence-corrected chi connectivity index (χ0v) is 13.6. The van der Waals surface area contributed by atoms with Crippen LogP contribution in [0.1, 0.15) is 44.9 Å². The molecular formula is C18H27N3O2. The molecule has 0 aliphatic heterocycles. The maximum atomic E-state index is 12.1. The van der Waals surface area contributed by atoms with E-state index in [0.29, 0.717) is 19.5 Å². The fraction of sp³-hybridized carbons (Fsp3) is 0.556. The summed E-state index contributed by atoms with van der Waals surface area (Å²) in [6.07, 6.45) is 6.37. The monoisotopic (exact) mass is 317 g/mol. The lowest BCUT2D eigenvalue weighted by Gasteiger charge is -2.35. The number of hydrogen-bond donors (Lipinski definition) is 3. The first kappa shape index (κ1) is 17.5. The Hall–Kier alpha value is -1.88. The Bertz CT molecular complexity index is 510. The molecule has 1 aliphatic carbocycles. The Balaban J connectivity index is 1.69. The molecule has 1 fully saturated rings. The normalized spacial score (nSPS) is 16.6. The van der Waals surface area contributed by atoms with E-state index in [1.165, 1.54) is 6.42 Å². The van der Waals surface area contributed by atoms with Gasteiger partial charge in [-0.25, -0.2) is 0 Å². The van der Waals surface area contributed by atoms with Gasteiger partial charge in [0.15, 0.2) is 0 Å². The minimum Gasteiger partial charge on any atom is -0.356 e. The van der Waals surface area contributed by atoms with Gasteiger partial charge < -0.3 is 16.4 Å². The summed E-state index contributed by atoms with van der Waals surface area (Å²) in [4.78, 5) is 23.9. The van der Waals surface area contributed by atoms with Gasteiger partial charge in [-0.2, -0.15) is 0 Å². The van der Waals surface area contributed by atoms with E-state index >= 15 is 0 Å². The van der Waals surface area contributed by atoms with Crippen LogP contribution in [0.15, 0.2) is 30.3 Å². The standard InChI is InChI=1S/C18H27N3O2/c19-14-18(10-5-2-6-11-18)13-17(23)20-12-9-16(22)21-15-7-3-1-4-8-15/h1,3-4,7-8H,2,5-6,9-14,19H2,(H,20,23)(H,21,22). The fourth-order valence-corrected chi connectivity index (χ4v) is 3.22. The molecule has 0 bridgehead atoms. The third-order valence-electron chi connectivity index (χ3n) is 4.61. The van der Waals surface area contributed by atoms with Crippen molar-refractivity contribution >= 4 is 17.5 Å². The highest BCUT2D eigenvalue weighted by molar-refractivity contribution is 5.91. The first-order valence-corrected chi connectivity index (χ1v) is 8.45. The minimum atomic E-state index is -0.0947. The lowest BCUT2D eigenvalue weighted by molar-refractivity contribution is -0.124. The predicted molar refractivity (Wildman–Crippen MR) is 91.9 cm³/mol. The number of carbonyl (C=O) groups excluding carboxylic acids is 2. The maximum Gasteiger partial charge on any atom is 0.226 e. The zero-order valence-electron chi connectivity index (χ0n) is 13.6. The van der Waals surface area contributed by atoms with E-state index in [4.69, 9.17) is 5.73 Å². The summed E-state index contributed by atoms with van der Waals surface area (Å²) in [7, 11) is 0. The van der Waals surface area contributed by atoms with Crippen LogP contribution >= 0.6 is 0 Å². The molecule has 0 aromatic heterocycles. The summed E-state index contributed by atoms with van der Waals surface area (Å²) >= 11 is 0. The van der Waals surface area contributed by atoms with Crippen LogP contribution in [0.5, 0.6) is 0 Å². The van der Waals surface area contributed by atoms with Gasteiger partial charge in [0.1, 0.15) is 0 Å². The molecule has 5 heteroatoms. The maximum absolute atomic E-state index is 12.1. The van der Waals surface area contributed by atoms with Crippen LogP contribution in [-0.2, 0) is 9.59 Å². The third-order valence-corrected chi connectivity index (χ3v) is 4.61. The number of amides is 2. The van der Waals surface area contributed by atoms with Crippen LogP contribution in [0.2, 0.25) is 0 Å². The van der Waals surface area contributed by atoms with Crippen LogP contribution in [0, 0.1) is 5.41 Å². The summed E-state index contributed by atoms with van der Waals surface area (Å²) in [5.41, 5.74) is 6.64. The van der Waals surface area contributed by atoms with E-state index < -0.39 is 0 Å². The molecule has 1 aliphatic rings. The van der Waals surface area contributed by atoms with Gasteiger partial charge >= 0.3 is 0 Å². The molecule has 0 spiro atoms.